The fourth-order valence-corrected chi connectivity index (χ4v) is 2.15. The topological polar surface area (TPSA) is 58.1 Å². The standard InChI is InChI=1S/C11H14N4O/c16-11-5-8(7-15(11)9-1-2-9)14-10-6-12-3-4-13-10/h3-4,6,8-9H,1-2,5,7H2,(H,13,14). The minimum Gasteiger partial charge on any atom is -0.364 e. The van der Waals surface area contributed by atoms with Crippen molar-refractivity contribution in [1.82, 2.24) is 14.9 Å². The molecule has 1 N–H and O–H groups in total. The van der Waals surface area contributed by atoms with Gasteiger partial charge in [-0.1, -0.05) is 0 Å². The van der Waals surface area contributed by atoms with Crippen molar-refractivity contribution in [2.45, 2.75) is 31.3 Å². The van der Waals surface area contributed by atoms with Crippen molar-refractivity contribution < 1.29 is 4.79 Å². The molecular weight excluding hydrogens is 204 g/mol. The molecule has 1 unspecified atom stereocenters. The highest BCUT2D eigenvalue weighted by atomic mass is 16.2. The molecule has 16 heavy (non-hydrogen) atoms. The van der Waals surface area contributed by atoms with E-state index < -0.39 is 0 Å². The third-order valence-electron chi connectivity index (χ3n) is 3.06. The van der Waals surface area contributed by atoms with Crippen LogP contribution in [0.1, 0.15) is 19.3 Å². The minimum atomic E-state index is 0.185. The number of nitrogens with zero attached hydrogens (tertiary/aromatic N) is 3. The molecule has 84 valence electrons. The second-order valence-electron chi connectivity index (χ2n) is 4.41. The molecule has 5 heteroatoms. The van der Waals surface area contributed by atoms with Gasteiger partial charge in [-0.2, -0.15) is 0 Å². The number of likely N-dealkylation sites (tertiary alicyclic amines) is 1. The SMILES string of the molecule is O=C1CC(Nc2cnccn2)CN1C1CC1. The molecule has 1 amide bonds. The Bertz CT molecular complexity index is 390. The summed E-state index contributed by atoms with van der Waals surface area (Å²) in [6, 6.07) is 0.700. The average Bonchev–Trinajstić information content (AvgIpc) is 3.06. The molecule has 1 atom stereocenters. The van der Waals surface area contributed by atoms with Crippen LogP contribution in [-0.2, 0) is 4.79 Å². The molecule has 1 aliphatic heterocycles. The summed E-state index contributed by atoms with van der Waals surface area (Å²) >= 11 is 0. The average molecular weight is 218 g/mol. The number of carbonyl (C=O) groups is 1. The van der Waals surface area contributed by atoms with Crippen molar-refractivity contribution in [3.63, 3.8) is 0 Å². The minimum absolute atomic E-state index is 0.185. The largest absolute Gasteiger partial charge is 0.364 e. The van der Waals surface area contributed by atoms with Gasteiger partial charge < -0.3 is 10.2 Å². The molecule has 1 saturated carbocycles. The molecular formula is C11H14N4O. The predicted molar refractivity (Wildman–Crippen MR) is 58.8 cm³/mol. The first-order valence-electron chi connectivity index (χ1n) is 5.65. The summed E-state index contributed by atoms with van der Waals surface area (Å²) in [5.41, 5.74) is 0. The van der Waals surface area contributed by atoms with Crippen molar-refractivity contribution in [3.8, 4) is 0 Å². The number of hydrogen-bond acceptors (Lipinski definition) is 4. The van der Waals surface area contributed by atoms with Gasteiger partial charge in [0.2, 0.25) is 5.91 Å². The van der Waals surface area contributed by atoms with Gasteiger partial charge >= 0.3 is 0 Å². The van der Waals surface area contributed by atoms with E-state index in [0.29, 0.717) is 12.5 Å². The maximum Gasteiger partial charge on any atom is 0.225 e. The molecule has 1 aliphatic carbocycles. The first-order valence-corrected chi connectivity index (χ1v) is 5.65. The summed E-state index contributed by atoms with van der Waals surface area (Å²) in [6.07, 6.45) is 7.89. The maximum atomic E-state index is 11.7. The van der Waals surface area contributed by atoms with Crippen LogP contribution in [0.3, 0.4) is 0 Å². The number of aromatic nitrogens is 2. The van der Waals surface area contributed by atoms with E-state index in [1.54, 1.807) is 18.6 Å². The highest BCUT2D eigenvalue weighted by Crippen LogP contribution is 2.31. The van der Waals surface area contributed by atoms with E-state index in [1.807, 2.05) is 4.90 Å². The van der Waals surface area contributed by atoms with Crippen molar-refractivity contribution in [3.05, 3.63) is 18.6 Å². The van der Waals surface area contributed by atoms with Gasteiger partial charge in [-0.3, -0.25) is 9.78 Å². The number of hydrogen-bond donors (Lipinski definition) is 1. The van der Waals surface area contributed by atoms with Crippen molar-refractivity contribution in [1.29, 1.82) is 0 Å². The maximum absolute atomic E-state index is 11.7. The predicted octanol–water partition coefficient (Wildman–Crippen LogP) is 0.652. The van der Waals surface area contributed by atoms with Crippen LogP contribution in [0.25, 0.3) is 0 Å². The fourth-order valence-electron chi connectivity index (χ4n) is 2.15. The Morgan fingerprint density at radius 3 is 2.94 bits per heavy atom. The molecule has 2 heterocycles. The first kappa shape index (κ1) is 9.57. The van der Waals surface area contributed by atoms with Gasteiger partial charge in [-0.15, -0.1) is 0 Å². The quantitative estimate of drug-likeness (QED) is 0.809. The van der Waals surface area contributed by atoms with Crippen LogP contribution in [0, 0.1) is 0 Å². The zero-order valence-electron chi connectivity index (χ0n) is 8.97. The third kappa shape index (κ3) is 1.85. The van der Waals surface area contributed by atoms with E-state index >= 15 is 0 Å². The van der Waals surface area contributed by atoms with Gasteiger partial charge in [0.1, 0.15) is 5.82 Å². The molecule has 2 fully saturated rings. The summed E-state index contributed by atoms with van der Waals surface area (Å²) in [4.78, 5) is 21.8. The van der Waals surface area contributed by atoms with Crippen molar-refractivity contribution in [2.75, 3.05) is 11.9 Å². The van der Waals surface area contributed by atoms with Crippen LogP contribution in [-0.4, -0.2) is 39.4 Å². The Kier molecular flexibility index (Phi) is 2.23. The summed E-state index contributed by atoms with van der Waals surface area (Å²) in [6.45, 7) is 0.806. The molecule has 1 aromatic heterocycles. The molecule has 1 aromatic rings. The lowest BCUT2D eigenvalue weighted by Crippen LogP contribution is -2.29. The van der Waals surface area contributed by atoms with Crippen LogP contribution in [0.4, 0.5) is 5.82 Å². The van der Waals surface area contributed by atoms with Gasteiger partial charge in [0.25, 0.3) is 0 Å². The molecule has 1 saturated heterocycles. The van der Waals surface area contributed by atoms with Gasteiger partial charge in [0, 0.05) is 31.4 Å². The van der Waals surface area contributed by atoms with E-state index in [0.717, 1.165) is 12.4 Å². The van der Waals surface area contributed by atoms with Gasteiger partial charge in [0.15, 0.2) is 0 Å². The van der Waals surface area contributed by atoms with Crippen LogP contribution >= 0.6 is 0 Å². The summed E-state index contributed by atoms with van der Waals surface area (Å²) < 4.78 is 0. The van der Waals surface area contributed by atoms with Gasteiger partial charge in [-0.05, 0) is 12.8 Å². The van der Waals surface area contributed by atoms with E-state index in [-0.39, 0.29) is 11.9 Å². The van der Waals surface area contributed by atoms with E-state index in [4.69, 9.17) is 0 Å². The normalized spacial score (nSPS) is 24.9. The van der Waals surface area contributed by atoms with E-state index in [1.165, 1.54) is 12.8 Å². The Morgan fingerprint density at radius 1 is 1.38 bits per heavy atom. The van der Waals surface area contributed by atoms with Crippen LogP contribution in [0.2, 0.25) is 0 Å². The van der Waals surface area contributed by atoms with Gasteiger partial charge in [-0.25, -0.2) is 4.98 Å². The Morgan fingerprint density at radius 2 is 2.25 bits per heavy atom. The number of carbonyl (C=O) groups excluding carboxylic acids is 1. The first-order chi connectivity index (χ1) is 7.83. The van der Waals surface area contributed by atoms with E-state index in [9.17, 15) is 4.79 Å². The lowest BCUT2D eigenvalue weighted by molar-refractivity contribution is -0.128. The molecule has 2 aliphatic rings. The zero-order valence-corrected chi connectivity index (χ0v) is 8.97. The van der Waals surface area contributed by atoms with Crippen molar-refractivity contribution >= 4 is 11.7 Å². The van der Waals surface area contributed by atoms with Crippen molar-refractivity contribution in [2.24, 2.45) is 0 Å². The van der Waals surface area contributed by atoms with Gasteiger partial charge in [0.05, 0.1) is 12.2 Å². The summed E-state index contributed by atoms with van der Waals surface area (Å²) in [5, 5.41) is 3.25. The number of rotatable bonds is 3. The molecule has 0 bridgehead atoms. The fraction of sp³-hybridized carbons (Fsp3) is 0.545. The Hall–Kier alpha value is -1.65. The lowest BCUT2D eigenvalue weighted by atomic mass is 10.2. The molecule has 5 nitrogen and oxygen atoms in total. The number of amides is 1. The highest BCUT2D eigenvalue weighted by Gasteiger charge is 2.39. The zero-order chi connectivity index (χ0) is 11.0. The monoisotopic (exact) mass is 218 g/mol. The number of nitrogens with one attached hydrogen (secondary N) is 1. The van der Waals surface area contributed by atoms with Crippen LogP contribution in [0.15, 0.2) is 18.6 Å². The summed E-state index contributed by atoms with van der Waals surface area (Å²) in [7, 11) is 0. The van der Waals surface area contributed by atoms with E-state index in [2.05, 4.69) is 15.3 Å². The second kappa shape index (κ2) is 3.73. The molecule has 0 spiro atoms. The van der Waals surface area contributed by atoms with Crippen LogP contribution in [0.5, 0.6) is 0 Å². The summed E-state index contributed by atoms with van der Waals surface area (Å²) in [5.74, 6) is 1.02. The van der Waals surface area contributed by atoms with Crippen LogP contribution < -0.4 is 5.32 Å². The molecule has 0 radical (unpaired) electrons. The number of anilines is 1. The molecule has 0 aromatic carbocycles. The second-order valence-corrected chi connectivity index (χ2v) is 4.41. The Labute approximate surface area is 93.9 Å². The smallest absolute Gasteiger partial charge is 0.225 e. The highest BCUT2D eigenvalue weighted by molar-refractivity contribution is 5.80. The lowest BCUT2D eigenvalue weighted by Gasteiger charge is -2.16. The molecule has 3 rings (SSSR count). The Balaban J connectivity index is 1.63. The third-order valence-corrected chi connectivity index (χ3v) is 3.06.